The third-order valence-corrected chi connectivity index (χ3v) is 4.18. The molecule has 6 nitrogen and oxygen atoms in total. The topological polar surface area (TPSA) is 104 Å². The Morgan fingerprint density at radius 1 is 1.53 bits per heavy atom. The molecule has 0 spiro atoms. The maximum Gasteiger partial charge on any atom is 0.232 e. The third-order valence-electron chi connectivity index (χ3n) is 1.92. The summed E-state index contributed by atoms with van der Waals surface area (Å²) in [5.41, 5.74) is 4.92. The van der Waals surface area contributed by atoms with Crippen LogP contribution in [0.25, 0.3) is 0 Å². The molecule has 0 aromatic carbocycles. The zero-order valence-corrected chi connectivity index (χ0v) is 9.62. The summed E-state index contributed by atoms with van der Waals surface area (Å²) in [6.45, 7) is 2.94. The van der Waals surface area contributed by atoms with Crippen molar-refractivity contribution in [2.75, 3.05) is 13.1 Å². The van der Waals surface area contributed by atoms with E-state index in [1.807, 2.05) is 0 Å². The number of nitrogens with zero attached hydrogens (tertiary/aromatic N) is 2. The highest BCUT2D eigenvalue weighted by molar-refractivity contribution is 7.90. The highest BCUT2D eigenvalue weighted by atomic mass is 32.2. The van der Waals surface area contributed by atoms with Crippen LogP contribution in [-0.4, -0.2) is 37.0 Å². The lowest BCUT2D eigenvalue weighted by atomic mass is 10.4. The largest absolute Gasteiger partial charge is 0.369 e. The average molecular weight is 233 g/mol. The Balaban J connectivity index is 4.98. The van der Waals surface area contributed by atoms with E-state index >= 15 is 0 Å². The van der Waals surface area contributed by atoms with Crippen molar-refractivity contribution in [2.24, 2.45) is 5.73 Å². The molecule has 0 rings (SSSR count). The number of hydrogen-bond donors (Lipinski definition) is 1. The molecule has 7 heteroatoms. The summed E-state index contributed by atoms with van der Waals surface area (Å²) in [6.07, 6.45) is 0.189. The average Bonchev–Trinajstić information content (AvgIpc) is 2.15. The van der Waals surface area contributed by atoms with E-state index in [2.05, 4.69) is 0 Å². The molecule has 0 aromatic rings. The number of rotatable bonds is 6. The minimum atomic E-state index is -3.74. The van der Waals surface area contributed by atoms with Crippen LogP contribution in [0.2, 0.25) is 0 Å². The lowest BCUT2D eigenvalue weighted by Gasteiger charge is -2.20. The molecule has 0 aliphatic rings. The second-order valence-corrected chi connectivity index (χ2v) is 5.08. The summed E-state index contributed by atoms with van der Waals surface area (Å²) in [5, 5.41) is 7.55. The summed E-state index contributed by atoms with van der Waals surface area (Å²) in [6, 6.07) is 1.70. The van der Waals surface area contributed by atoms with Crippen molar-refractivity contribution in [1.29, 1.82) is 5.26 Å². The second kappa shape index (κ2) is 5.68. The van der Waals surface area contributed by atoms with E-state index in [4.69, 9.17) is 11.0 Å². The smallest absolute Gasteiger partial charge is 0.232 e. The first-order valence-corrected chi connectivity index (χ1v) is 6.07. The van der Waals surface area contributed by atoms with E-state index in [0.29, 0.717) is 0 Å². The fourth-order valence-electron chi connectivity index (χ4n) is 1.10. The van der Waals surface area contributed by atoms with Crippen LogP contribution in [0.3, 0.4) is 0 Å². The van der Waals surface area contributed by atoms with Crippen molar-refractivity contribution in [2.45, 2.75) is 25.5 Å². The Morgan fingerprint density at radius 2 is 2.07 bits per heavy atom. The molecule has 0 aromatic heterocycles. The van der Waals surface area contributed by atoms with Crippen LogP contribution in [-0.2, 0) is 14.8 Å². The standard InChI is InChI=1S/C8H15N3O3S/c1-3-7(5-9)15(13,14)11(4-2)6-8(10)12/h7H,3-4,6H2,1-2H3,(H2,10,12). The number of hydrogen-bond acceptors (Lipinski definition) is 4. The molecule has 2 N–H and O–H groups in total. The Kier molecular flexibility index (Phi) is 5.25. The monoisotopic (exact) mass is 233 g/mol. The molecular formula is C8H15N3O3S. The molecule has 0 saturated heterocycles. The maximum absolute atomic E-state index is 11.8. The van der Waals surface area contributed by atoms with E-state index < -0.39 is 21.2 Å². The summed E-state index contributed by atoms with van der Waals surface area (Å²) < 4.78 is 24.4. The van der Waals surface area contributed by atoms with Crippen molar-refractivity contribution in [3.8, 4) is 6.07 Å². The minimum absolute atomic E-state index is 0.128. The molecular weight excluding hydrogens is 218 g/mol. The number of carbonyl (C=O) groups excluding carboxylic acids is 1. The normalized spacial score (nSPS) is 13.5. The van der Waals surface area contributed by atoms with Gasteiger partial charge < -0.3 is 5.73 Å². The van der Waals surface area contributed by atoms with Gasteiger partial charge in [-0.05, 0) is 6.42 Å². The summed E-state index contributed by atoms with van der Waals surface area (Å²) in [7, 11) is -3.74. The van der Waals surface area contributed by atoms with Crippen LogP contribution in [0, 0.1) is 11.3 Å². The highest BCUT2D eigenvalue weighted by Crippen LogP contribution is 2.11. The van der Waals surface area contributed by atoms with Gasteiger partial charge in [0.1, 0.15) is 0 Å². The predicted octanol–water partition coefficient (Wildman–Crippen LogP) is -0.574. The van der Waals surface area contributed by atoms with Crippen LogP contribution in [0.15, 0.2) is 0 Å². The molecule has 0 bridgehead atoms. The molecule has 1 amide bonds. The molecule has 0 aliphatic heterocycles. The van der Waals surface area contributed by atoms with Crippen molar-refractivity contribution >= 4 is 15.9 Å². The van der Waals surface area contributed by atoms with Gasteiger partial charge in [-0.15, -0.1) is 0 Å². The predicted molar refractivity (Wildman–Crippen MR) is 55.1 cm³/mol. The van der Waals surface area contributed by atoms with Crippen LogP contribution < -0.4 is 5.73 Å². The maximum atomic E-state index is 11.8. The van der Waals surface area contributed by atoms with Crippen LogP contribution >= 0.6 is 0 Å². The van der Waals surface area contributed by atoms with Crippen molar-refractivity contribution in [3.63, 3.8) is 0 Å². The third kappa shape index (κ3) is 3.49. The first-order valence-electron chi connectivity index (χ1n) is 4.57. The van der Waals surface area contributed by atoms with E-state index in [0.717, 1.165) is 4.31 Å². The second-order valence-electron chi connectivity index (χ2n) is 2.96. The van der Waals surface area contributed by atoms with Crippen molar-refractivity contribution in [3.05, 3.63) is 0 Å². The van der Waals surface area contributed by atoms with E-state index in [1.165, 1.54) is 0 Å². The number of likely N-dealkylation sites (N-methyl/N-ethyl adjacent to an activating group) is 1. The summed E-state index contributed by atoms with van der Waals surface area (Å²) in [4.78, 5) is 10.6. The van der Waals surface area contributed by atoms with E-state index in [-0.39, 0.29) is 19.5 Å². The zero-order valence-electron chi connectivity index (χ0n) is 8.80. The number of carbonyl (C=O) groups is 1. The van der Waals surface area contributed by atoms with Gasteiger partial charge in [-0.2, -0.15) is 9.57 Å². The number of amides is 1. The van der Waals surface area contributed by atoms with Gasteiger partial charge in [0.05, 0.1) is 12.6 Å². The van der Waals surface area contributed by atoms with E-state index in [1.54, 1.807) is 19.9 Å². The Labute approximate surface area is 89.7 Å². The van der Waals surface area contributed by atoms with Gasteiger partial charge in [0.15, 0.2) is 5.25 Å². The van der Waals surface area contributed by atoms with Crippen LogP contribution in [0.5, 0.6) is 0 Å². The SMILES string of the molecule is CCC(C#N)S(=O)(=O)N(CC)CC(N)=O. The lowest BCUT2D eigenvalue weighted by molar-refractivity contribution is -0.118. The van der Waals surface area contributed by atoms with E-state index in [9.17, 15) is 13.2 Å². The fraction of sp³-hybridized carbons (Fsp3) is 0.750. The first kappa shape index (κ1) is 13.9. The minimum Gasteiger partial charge on any atom is -0.369 e. The van der Waals surface area contributed by atoms with Gasteiger partial charge in [0.2, 0.25) is 15.9 Å². The molecule has 0 aliphatic carbocycles. The summed E-state index contributed by atoms with van der Waals surface area (Å²) in [5.74, 6) is -0.729. The fourth-order valence-corrected chi connectivity index (χ4v) is 2.69. The molecule has 0 saturated carbocycles. The van der Waals surface area contributed by atoms with Gasteiger partial charge in [-0.1, -0.05) is 13.8 Å². The molecule has 1 atom stereocenters. The summed E-state index contributed by atoms with van der Waals surface area (Å²) >= 11 is 0. The molecule has 1 unspecified atom stereocenters. The molecule has 0 fully saturated rings. The van der Waals surface area contributed by atoms with Gasteiger partial charge in [0, 0.05) is 6.54 Å². The number of primary amides is 1. The number of sulfonamides is 1. The first-order chi connectivity index (χ1) is 6.89. The molecule has 15 heavy (non-hydrogen) atoms. The number of nitrogens with two attached hydrogens (primary N) is 1. The quantitative estimate of drug-likeness (QED) is 0.663. The van der Waals surface area contributed by atoms with Crippen LogP contribution in [0.1, 0.15) is 20.3 Å². The van der Waals surface area contributed by atoms with Gasteiger partial charge in [-0.25, -0.2) is 8.42 Å². The zero-order chi connectivity index (χ0) is 12.1. The van der Waals surface area contributed by atoms with Gasteiger partial charge >= 0.3 is 0 Å². The van der Waals surface area contributed by atoms with Gasteiger partial charge in [-0.3, -0.25) is 4.79 Å². The van der Waals surface area contributed by atoms with Crippen LogP contribution in [0.4, 0.5) is 0 Å². The molecule has 0 radical (unpaired) electrons. The molecule has 86 valence electrons. The lowest BCUT2D eigenvalue weighted by Crippen LogP contribution is -2.42. The Hall–Kier alpha value is -1.13. The Bertz CT molecular complexity index is 358. The van der Waals surface area contributed by atoms with Crippen molar-refractivity contribution in [1.82, 2.24) is 4.31 Å². The number of nitriles is 1. The van der Waals surface area contributed by atoms with Crippen molar-refractivity contribution < 1.29 is 13.2 Å². The Morgan fingerprint density at radius 3 is 2.33 bits per heavy atom. The molecule has 0 heterocycles. The highest BCUT2D eigenvalue weighted by Gasteiger charge is 2.30. The van der Waals surface area contributed by atoms with Gasteiger partial charge in [0.25, 0.3) is 0 Å².